The highest BCUT2D eigenvalue weighted by Gasteiger charge is 2.14. The number of anilines is 1. The number of nitrogens with zero attached hydrogens (tertiary/aromatic N) is 1. The summed E-state index contributed by atoms with van der Waals surface area (Å²) in [7, 11) is 0. The summed E-state index contributed by atoms with van der Waals surface area (Å²) in [6.07, 6.45) is 10.9. The molecule has 4 nitrogen and oxygen atoms in total. The lowest BCUT2D eigenvalue weighted by Crippen LogP contribution is -2.04. The Morgan fingerprint density at radius 1 is 1.43 bits per heavy atom. The summed E-state index contributed by atoms with van der Waals surface area (Å²) >= 11 is 6.19. The minimum absolute atomic E-state index is 0.311. The second-order valence-electron chi connectivity index (χ2n) is 4.83. The molecular formula is C18H24ClN3O. The summed E-state index contributed by atoms with van der Waals surface area (Å²) in [6.45, 7) is 6.56. The molecule has 0 unspecified atom stereocenters. The molecule has 0 amide bonds. The maximum absolute atomic E-state index is 7.45. The molecule has 1 aromatic heterocycles. The molecule has 1 rings (SSSR count). The van der Waals surface area contributed by atoms with Gasteiger partial charge in [-0.1, -0.05) is 37.1 Å². The van der Waals surface area contributed by atoms with Gasteiger partial charge in [0, 0.05) is 11.8 Å². The molecular weight excluding hydrogens is 310 g/mol. The molecule has 5 heteroatoms. The average Bonchev–Trinajstić information content (AvgIpc) is 2.55. The van der Waals surface area contributed by atoms with Crippen molar-refractivity contribution in [3.8, 4) is 0 Å². The number of pyridine rings is 1. The van der Waals surface area contributed by atoms with Crippen LogP contribution >= 0.6 is 11.6 Å². The van der Waals surface area contributed by atoms with Crippen LogP contribution in [0.4, 0.5) is 5.69 Å². The van der Waals surface area contributed by atoms with Crippen molar-refractivity contribution in [3.63, 3.8) is 0 Å². The van der Waals surface area contributed by atoms with E-state index in [1.54, 1.807) is 6.07 Å². The highest BCUT2D eigenvalue weighted by Crippen LogP contribution is 2.29. The Morgan fingerprint density at radius 3 is 2.74 bits per heavy atom. The molecule has 0 fully saturated rings. The maximum atomic E-state index is 7.45. The van der Waals surface area contributed by atoms with Gasteiger partial charge in [-0.05, 0) is 38.5 Å². The average molecular weight is 334 g/mol. The summed E-state index contributed by atoms with van der Waals surface area (Å²) in [4.78, 5) is 4.44. The highest BCUT2D eigenvalue weighted by molar-refractivity contribution is 6.33. The third-order valence-corrected chi connectivity index (χ3v) is 3.40. The van der Waals surface area contributed by atoms with Crippen molar-refractivity contribution in [2.45, 2.75) is 33.6 Å². The van der Waals surface area contributed by atoms with Gasteiger partial charge in [-0.15, -0.1) is 0 Å². The Balaban J connectivity index is 3.47. The van der Waals surface area contributed by atoms with E-state index in [9.17, 15) is 0 Å². The van der Waals surface area contributed by atoms with Crippen LogP contribution in [0.2, 0.25) is 5.02 Å². The van der Waals surface area contributed by atoms with Gasteiger partial charge in [0.2, 0.25) is 0 Å². The topological polar surface area (TPSA) is 72.0 Å². The molecule has 0 aromatic carbocycles. The molecule has 0 aliphatic rings. The van der Waals surface area contributed by atoms with Crippen molar-refractivity contribution in [3.05, 3.63) is 52.5 Å². The second-order valence-corrected chi connectivity index (χ2v) is 5.24. The molecule has 0 aliphatic carbocycles. The van der Waals surface area contributed by atoms with Crippen LogP contribution in [0.5, 0.6) is 0 Å². The van der Waals surface area contributed by atoms with Crippen molar-refractivity contribution in [2.75, 3.05) is 12.3 Å². The van der Waals surface area contributed by atoms with Crippen LogP contribution in [-0.4, -0.2) is 17.8 Å². The van der Waals surface area contributed by atoms with Gasteiger partial charge in [0.05, 0.1) is 23.0 Å². The first-order valence-electron chi connectivity index (χ1n) is 7.72. The van der Waals surface area contributed by atoms with Crippen LogP contribution in [-0.2, 0) is 4.74 Å². The molecule has 0 atom stereocenters. The lowest BCUT2D eigenvalue weighted by molar-refractivity contribution is 0.244. The predicted molar refractivity (Wildman–Crippen MR) is 99.0 cm³/mol. The third kappa shape index (κ3) is 5.25. The van der Waals surface area contributed by atoms with E-state index in [0.717, 1.165) is 30.4 Å². The third-order valence-electron chi connectivity index (χ3n) is 3.09. The smallest absolute Gasteiger partial charge is 0.124 e. The van der Waals surface area contributed by atoms with Crippen molar-refractivity contribution in [1.82, 2.24) is 4.98 Å². The summed E-state index contributed by atoms with van der Waals surface area (Å²) < 4.78 is 5.79. The van der Waals surface area contributed by atoms with E-state index in [0.29, 0.717) is 28.7 Å². The van der Waals surface area contributed by atoms with Gasteiger partial charge in [-0.3, -0.25) is 0 Å². The van der Waals surface area contributed by atoms with Gasteiger partial charge in [0.1, 0.15) is 11.5 Å². The van der Waals surface area contributed by atoms with Crippen LogP contribution in [0.3, 0.4) is 0 Å². The van der Waals surface area contributed by atoms with Gasteiger partial charge < -0.3 is 15.9 Å². The summed E-state index contributed by atoms with van der Waals surface area (Å²) in [5, 5.41) is 7.83. The summed E-state index contributed by atoms with van der Waals surface area (Å²) in [6, 6.07) is 1.71. The number of nitrogens with one attached hydrogen (secondary N) is 1. The molecule has 0 aliphatic heterocycles. The van der Waals surface area contributed by atoms with Crippen LogP contribution in [0.1, 0.15) is 45.0 Å². The lowest BCUT2D eigenvalue weighted by Gasteiger charge is -2.14. The number of unbranched alkanes of at least 4 members (excludes halogenated alkanes) is 1. The van der Waals surface area contributed by atoms with E-state index in [-0.39, 0.29) is 0 Å². The zero-order valence-electron chi connectivity index (χ0n) is 13.9. The van der Waals surface area contributed by atoms with Crippen LogP contribution < -0.4 is 5.73 Å². The van der Waals surface area contributed by atoms with Crippen molar-refractivity contribution < 1.29 is 4.74 Å². The van der Waals surface area contributed by atoms with E-state index in [4.69, 9.17) is 27.5 Å². The monoisotopic (exact) mass is 333 g/mol. The standard InChI is InChI=1S/C18H24ClN3O/c1-4-7-9-13(17(23-6-3)10-8-5-2)15-11-14(19)18(21)16(12-20)22-15/h4,7,9-12,20H,5-6,8,21H2,1-3H3/b7-4-,13-9-,17-10-,20-12?. The molecule has 0 spiro atoms. The van der Waals surface area contributed by atoms with Gasteiger partial charge in [-0.2, -0.15) is 0 Å². The number of nitrogen functional groups attached to an aromatic ring is 1. The number of rotatable bonds is 8. The molecule has 3 N–H and O–H groups in total. The first-order valence-corrected chi connectivity index (χ1v) is 8.09. The van der Waals surface area contributed by atoms with E-state index in [1.165, 1.54) is 0 Å². The minimum Gasteiger partial charge on any atom is -0.494 e. The lowest BCUT2D eigenvalue weighted by atomic mass is 10.1. The fourth-order valence-electron chi connectivity index (χ4n) is 1.95. The Labute approximate surface area is 143 Å². The molecule has 1 heterocycles. The number of allylic oxidation sites excluding steroid dienone is 5. The number of hydrogen-bond donors (Lipinski definition) is 2. The molecule has 23 heavy (non-hydrogen) atoms. The summed E-state index contributed by atoms with van der Waals surface area (Å²) in [5.41, 5.74) is 7.97. The van der Waals surface area contributed by atoms with Crippen LogP contribution in [0.25, 0.3) is 5.57 Å². The zero-order chi connectivity index (χ0) is 17.2. The Kier molecular flexibility index (Phi) is 8.13. The number of nitrogens with two attached hydrogens (primary N) is 1. The van der Waals surface area contributed by atoms with Crippen LogP contribution in [0.15, 0.2) is 36.1 Å². The quantitative estimate of drug-likeness (QED) is 0.399. The van der Waals surface area contributed by atoms with E-state index in [2.05, 4.69) is 18.0 Å². The summed E-state index contributed by atoms with van der Waals surface area (Å²) in [5.74, 6) is 0.761. The first kappa shape index (κ1) is 19.0. The number of halogens is 1. The molecule has 0 bridgehead atoms. The molecule has 1 aromatic rings. The normalized spacial score (nSPS) is 12.7. The fraction of sp³-hybridized carbons (Fsp3) is 0.333. The van der Waals surface area contributed by atoms with E-state index < -0.39 is 0 Å². The van der Waals surface area contributed by atoms with Gasteiger partial charge in [0.25, 0.3) is 0 Å². The number of aromatic nitrogens is 1. The second kappa shape index (κ2) is 9.85. The van der Waals surface area contributed by atoms with Gasteiger partial charge in [0.15, 0.2) is 0 Å². The van der Waals surface area contributed by atoms with Crippen molar-refractivity contribution in [1.29, 1.82) is 5.41 Å². The highest BCUT2D eigenvalue weighted by atomic mass is 35.5. The SMILES string of the molecule is C\C=C/C=C(\C(=C\CCC)OCC)c1cc(Cl)c(N)c(C=N)n1. The van der Waals surface area contributed by atoms with Crippen molar-refractivity contribution >= 4 is 29.1 Å². The van der Waals surface area contributed by atoms with E-state index >= 15 is 0 Å². The van der Waals surface area contributed by atoms with Crippen molar-refractivity contribution in [2.24, 2.45) is 0 Å². The molecule has 0 radical (unpaired) electrons. The number of hydrogen-bond acceptors (Lipinski definition) is 4. The van der Waals surface area contributed by atoms with Gasteiger partial charge >= 0.3 is 0 Å². The Hall–Kier alpha value is -2.07. The fourth-order valence-corrected chi connectivity index (χ4v) is 2.15. The molecule has 124 valence electrons. The number of ether oxygens (including phenoxy) is 1. The van der Waals surface area contributed by atoms with Crippen LogP contribution in [0, 0.1) is 5.41 Å². The van der Waals surface area contributed by atoms with E-state index in [1.807, 2.05) is 32.1 Å². The first-order chi connectivity index (χ1) is 11.1. The maximum Gasteiger partial charge on any atom is 0.124 e. The predicted octanol–water partition coefficient (Wildman–Crippen LogP) is 4.99. The minimum atomic E-state index is 0.311. The zero-order valence-corrected chi connectivity index (χ0v) is 14.7. The largest absolute Gasteiger partial charge is 0.494 e. The van der Waals surface area contributed by atoms with Gasteiger partial charge in [-0.25, -0.2) is 4.98 Å². The molecule has 0 saturated heterocycles. The Bertz CT molecular complexity index is 633. The Morgan fingerprint density at radius 2 is 2.17 bits per heavy atom. The molecule has 0 saturated carbocycles.